The first-order valence-electron chi connectivity index (χ1n) is 9.12. The van der Waals surface area contributed by atoms with E-state index >= 15 is 0 Å². The monoisotopic (exact) mass is 354 g/mol. The van der Waals surface area contributed by atoms with Gasteiger partial charge < -0.3 is 20.3 Å². The molecule has 1 aliphatic rings. The van der Waals surface area contributed by atoms with Gasteiger partial charge in [0.15, 0.2) is 0 Å². The summed E-state index contributed by atoms with van der Waals surface area (Å²) in [6.45, 7) is 5.51. The van der Waals surface area contributed by atoms with E-state index in [2.05, 4.69) is 20.5 Å². The van der Waals surface area contributed by atoms with Crippen LogP contribution in [0.25, 0.3) is 0 Å². The van der Waals surface area contributed by atoms with Crippen molar-refractivity contribution in [1.82, 2.24) is 15.6 Å². The highest BCUT2D eigenvalue weighted by atomic mass is 16.5. The Morgan fingerprint density at radius 1 is 1.19 bits per heavy atom. The van der Waals surface area contributed by atoms with Gasteiger partial charge in [-0.15, -0.1) is 0 Å². The van der Waals surface area contributed by atoms with Crippen molar-refractivity contribution in [1.29, 1.82) is 0 Å². The standard InChI is InChI=1S/C20H26N4O2/c1-16-5-4-6-18(13-16)26-12-9-22-20(25)23-15-17-7-8-21-19(14-17)24-10-2-3-11-24/h4-8,13-14H,2-3,9-12,15H2,1H3,(H2,22,23,25). The fraction of sp³-hybridized carbons (Fsp3) is 0.400. The lowest BCUT2D eigenvalue weighted by molar-refractivity contribution is 0.236. The highest BCUT2D eigenvalue weighted by Gasteiger charge is 2.13. The molecule has 1 aliphatic heterocycles. The summed E-state index contributed by atoms with van der Waals surface area (Å²) in [5, 5.41) is 5.68. The zero-order valence-electron chi connectivity index (χ0n) is 15.2. The number of urea groups is 1. The molecule has 2 N–H and O–H groups in total. The van der Waals surface area contributed by atoms with Crippen molar-refractivity contribution in [3.05, 3.63) is 53.7 Å². The molecule has 0 saturated carbocycles. The van der Waals surface area contributed by atoms with Crippen LogP contribution in [0.15, 0.2) is 42.6 Å². The fourth-order valence-electron chi connectivity index (χ4n) is 2.97. The van der Waals surface area contributed by atoms with Gasteiger partial charge in [0.1, 0.15) is 18.2 Å². The van der Waals surface area contributed by atoms with E-state index < -0.39 is 0 Å². The number of carbonyl (C=O) groups is 1. The first-order chi connectivity index (χ1) is 12.7. The first-order valence-corrected chi connectivity index (χ1v) is 9.12. The number of hydrogen-bond acceptors (Lipinski definition) is 4. The number of rotatable bonds is 7. The molecule has 138 valence electrons. The van der Waals surface area contributed by atoms with Gasteiger partial charge in [-0.1, -0.05) is 12.1 Å². The molecule has 26 heavy (non-hydrogen) atoms. The number of anilines is 1. The summed E-state index contributed by atoms with van der Waals surface area (Å²) in [5.41, 5.74) is 2.20. The number of benzene rings is 1. The quantitative estimate of drug-likeness (QED) is 0.751. The molecule has 1 saturated heterocycles. The zero-order valence-corrected chi connectivity index (χ0v) is 15.2. The van der Waals surface area contributed by atoms with E-state index in [1.54, 1.807) is 6.20 Å². The van der Waals surface area contributed by atoms with Crippen molar-refractivity contribution < 1.29 is 9.53 Å². The van der Waals surface area contributed by atoms with Crippen molar-refractivity contribution in [3.63, 3.8) is 0 Å². The van der Waals surface area contributed by atoms with Gasteiger partial charge in [0.2, 0.25) is 0 Å². The third-order valence-corrected chi connectivity index (χ3v) is 4.34. The Hall–Kier alpha value is -2.76. The average Bonchev–Trinajstić information content (AvgIpc) is 3.19. The van der Waals surface area contributed by atoms with Gasteiger partial charge in [-0.05, 0) is 55.2 Å². The number of aromatic nitrogens is 1. The van der Waals surface area contributed by atoms with E-state index in [1.165, 1.54) is 12.8 Å². The third-order valence-electron chi connectivity index (χ3n) is 4.34. The lowest BCUT2D eigenvalue weighted by atomic mass is 10.2. The largest absolute Gasteiger partial charge is 0.492 e. The number of aryl methyl sites for hydroxylation is 1. The molecule has 2 aromatic rings. The van der Waals surface area contributed by atoms with E-state index in [4.69, 9.17) is 4.74 Å². The second-order valence-corrected chi connectivity index (χ2v) is 6.49. The number of amides is 2. The first kappa shape index (κ1) is 18.0. The second kappa shape index (κ2) is 9.08. The maximum atomic E-state index is 11.9. The van der Waals surface area contributed by atoms with E-state index in [1.807, 2.05) is 43.3 Å². The summed E-state index contributed by atoms with van der Waals surface area (Å²) in [6.07, 6.45) is 4.24. The molecule has 6 nitrogen and oxygen atoms in total. The Morgan fingerprint density at radius 3 is 2.85 bits per heavy atom. The highest BCUT2D eigenvalue weighted by molar-refractivity contribution is 5.73. The summed E-state index contributed by atoms with van der Waals surface area (Å²) >= 11 is 0. The van der Waals surface area contributed by atoms with Crippen molar-refractivity contribution in [3.8, 4) is 5.75 Å². The molecule has 1 fully saturated rings. The molecule has 1 aromatic carbocycles. The molecule has 1 aromatic heterocycles. The summed E-state index contributed by atoms with van der Waals surface area (Å²) < 4.78 is 5.62. The molecule has 0 aliphatic carbocycles. The van der Waals surface area contributed by atoms with Crippen molar-refractivity contribution in [2.45, 2.75) is 26.3 Å². The smallest absolute Gasteiger partial charge is 0.315 e. The maximum Gasteiger partial charge on any atom is 0.315 e. The van der Waals surface area contributed by atoms with Gasteiger partial charge in [0.05, 0.1) is 6.54 Å². The SMILES string of the molecule is Cc1cccc(OCCNC(=O)NCc2ccnc(N3CCCC3)c2)c1. The Bertz CT molecular complexity index is 729. The predicted octanol–water partition coefficient (Wildman–Crippen LogP) is 2.87. The molecular formula is C20H26N4O2. The molecule has 0 spiro atoms. The van der Waals surface area contributed by atoms with Crippen LogP contribution in [-0.4, -0.2) is 37.3 Å². The lowest BCUT2D eigenvalue weighted by Crippen LogP contribution is -2.37. The highest BCUT2D eigenvalue weighted by Crippen LogP contribution is 2.18. The van der Waals surface area contributed by atoms with Crippen molar-refractivity contribution in [2.75, 3.05) is 31.1 Å². The fourth-order valence-corrected chi connectivity index (χ4v) is 2.97. The number of carbonyl (C=O) groups excluding carboxylic acids is 1. The summed E-state index contributed by atoms with van der Waals surface area (Å²) in [4.78, 5) is 18.6. The van der Waals surface area contributed by atoms with Crippen LogP contribution in [0.1, 0.15) is 24.0 Å². The molecule has 0 atom stereocenters. The molecule has 0 bridgehead atoms. The number of nitrogens with zero attached hydrogens (tertiary/aromatic N) is 2. The number of hydrogen-bond donors (Lipinski definition) is 2. The normalized spacial score (nSPS) is 13.5. The predicted molar refractivity (Wildman–Crippen MR) is 103 cm³/mol. The summed E-state index contributed by atoms with van der Waals surface area (Å²) in [5.74, 6) is 1.81. The molecule has 2 amide bonds. The van der Waals surface area contributed by atoms with Gasteiger partial charge >= 0.3 is 6.03 Å². The minimum atomic E-state index is -0.197. The van der Waals surface area contributed by atoms with E-state index in [0.717, 1.165) is 35.8 Å². The van der Waals surface area contributed by atoms with Crippen LogP contribution in [-0.2, 0) is 6.54 Å². The topological polar surface area (TPSA) is 66.5 Å². The van der Waals surface area contributed by atoms with Crippen LogP contribution in [0.4, 0.5) is 10.6 Å². The number of pyridine rings is 1. The third kappa shape index (κ3) is 5.37. The minimum absolute atomic E-state index is 0.197. The Kier molecular flexibility index (Phi) is 6.30. The molecular weight excluding hydrogens is 328 g/mol. The van der Waals surface area contributed by atoms with Crippen LogP contribution >= 0.6 is 0 Å². The van der Waals surface area contributed by atoms with Crippen LogP contribution in [0.5, 0.6) is 5.75 Å². The molecule has 0 unspecified atom stereocenters. The van der Waals surface area contributed by atoms with E-state index in [0.29, 0.717) is 19.7 Å². The molecule has 3 rings (SSSR count). The van der Waals surface area contributed by atoms with E-state index in [-0.39, 0.29) is 6.03 Å². The minimum Gasteiger partial charge on any atom is -0.492 e. The zero-order chi connectivity index (χ0) is 18.2. The number of ether oxygens (including phenoxy) is 1. The van der Waals surface area contributed by atoms with Gasteiger partial charge in [-0.3, -0.25) is 0 Å². The Labute approximate surface area is 154 Å². The van der Waals surface area contributed by atoms with E-state index in [9.17, 15) is 4.79 Å². The summed E-state index contributed by atoms with van der Waals surface area (Å²) in [7, 11) is 0. The van der Waals surface area contributed by atoms with Crippen molar-refractivity contribution >= 4 is 11.8 Å². The Morgan fingerprint density at radius 2 is 2.04 bits per heavy atom. The molecule has 6 heteroatoms. The van der Waals surface area contributed by atoms with Crippen LogP contribution in [0.2, 0.25) is 0 Å². The maximum absolute atomic E-state index is 11.9. The second-order valence-electron chi connectivity index (χ2n) is 6.49. The van der Waals surface area contributed by atoms with Crippen LogP contribution < -0.4 is 20.3 Å². The molecule has 2 heterocycles. The summed E-state index contributed by atoms with van der Waals surface area (Å²) in [6, 6.07) is 11.6. The average molecular weight is 354 g/mol. The van der Waals surface area contributed by atoms with Gasteiger partial charge in [0, 0.05) is 25.8 Å². The Balaban J connectivity index is 1.37. The van der Waals surface area contributed by atoms with Gasteiger partial charge in [-0.25, -0.2) is 9.78 Å². The van der Waals surface area contributed by atoms with Gasteiger partial charge in [0.25, 0.3) is 0 Å². The molecule has 0 radical (unpaired) electrons. The van der Waals surface area contributed by atoms with Crippen LogP contribution in [0, 0.1) is 6.92 Å². The number of nitrogens with one attached hydrogen (secondary N) is 2. The lowest BCUT2D eigenvalue weighted by Gasteiger charge is -2.17. The van der Waals surface area contributed by atoms with Crippen molar-refractivity contribution in [2.24, 2.45) is 0 Å². The van der Waals surface area contributed by atoms with Crippen LogP contribution in [0.3, 0.4) is 0 Å². The van der Waals surface area contributed by atoms with Gasteiger partial charge in [-0.2, -0.15) is 0 Å².